The van der Waals surface area contributed by atoms with E-state index in [1.807, 2.05) is 12.1 Å². The van der Waals surface area contributed by atoms with Gasteiger partial charge in [0.15, 0.2) is 0 Å². The third-order valence-corrected chi connectivity index (χ3v) is 1.00. The summed E-state index contributed by atoms with van der Waals surface area (Å²) in [5.41, 5.74) is 0.958. The number of hydrogen-bond donors (Lipinski definition) is 0. The number of aromatic nitrogens is 1. The van der Waals surface area contributed by atoms with E-state index >= 15 is 0 Å². The number of nitrogens with zero attached hydrogens (tertiary/aromatic N) is 2. The number of rotatable bonds is 1. The number of halogens is 1. The van der Waals surface area contributed by atoms with Gasteiger partial charge in [-0.3, -0.25) is 4.98 Å². The van der Waals surface area contributed by atoms with Gasteiger partial charge in [-0.05, 0) is 17.7 Å². The molecule has 46 valence electrons. The van der Waals surface area contributed by atoms with Crippen LogP contribution in [0.15, 0.2) is 29.0 Å². The second-order valence-electron chi connectivity index (χ2n) is 1.51. The molecule has 0 unspecified atom stereocenters. The fourth-order valence-corrected chi connectivity index (χ4v) is 0.619. The minimum Gasteiger partial charge on any atom is -0.265 e. The first-order valence-corrected chi connectivity index (χ1v) is 2.81. The Labute approximate surface area is 58.3 Å². The van der Waals surface area contributed by atoms with Gasteiger partial charge < -0.3 is 0 Å². The SMILES string of the molecule is ClN=Cc1ccncc1. The molecule has 1 aromatic rings. The maximum atomic E-state index is 5.09. The van der Waals surface area contributed by atoms with Crippen LogP contribution in [0.5, 0.6) is 0 Å². The van der Waals surface area contributed by atoms with Crippen molar-refractivity contribution in [3.63, 3.8) is 0 Å². The Hall–Kier alpha value is -0.890. The van der Waals surface area contributed by atoms with E-state index in [-0.39, 0.29) is 0 Å². The van der Waals surface area contributed by atoms with Gasteiger partial charge in [-0.1, -0.05) is 0 Å². The van der Waals surface area contributed by atoms with Crippen molar-refractivity contribution < 1.29 is 0 Å². The lowest BCUT2D eigenvalue weighted by molar-refractivity contribution is 1.32. The largest absolute Gasteiger partial charge is 0.265 e. The minimum atomic E-state index is 0.958. The molecule has 0 saturated carbocycles. The highest BCUT2D eigenvalue weighted by Gasteiger charge is 1.80. The van der Waals surface area contributed by atoms with Crippen molar-refractivity contribution in [3.8, 4) is 0 Å². The quantitative estimate of drug-likeness (QED) is 0.545. The molecule has 9 heavy (non-hydrogen) atoms. The van der Waals surface area contributed by atoms with Gasteiger partial charge in [0.05, 0.1) is 0 Å². The molecule has 0 aliphatic carbocycles. The molecule has 0 radical (unpaired) electrons. The molecule has 0 N–H and O–H groups in total. The molecule has 3 heteroatoms. The number of hydrogen-bond acceptors (Lipinski definition) is 2. The molecular formula is C6H5ClN2. The topological polar surface area (TPSA) is 25.2 Å². The van der Waals surface area contributed by atoms with Crippen LogP contribution in [0.25, 0.3) is 0 Å². The first-order chi connectivity index (χ1) is 4.43. The zero-order valence-corrected chi connectivity index (χ0v) is 5.42. The Morgan fingerprint density at radius 2 is 2.11 bits per heavy atom. The van der Waals surface area contributed by atoms with Gasteiger partial charge in [-0.2, -0.15) is 4.51 Å². The highest BCUT2D eigenvalue weighted by molar-refractivity contribution is 6.18. The third kappa shape index (κ3) is 1.82. The monoisotopic (exact) mass is 140 g/mol. The first-order valence-electron chi connectivity index (χ1n) is 2.48. The van der Waals surface area contributed by atoms with Crippen LogP contribution in [0, 0.1) is 0 Å². The smallest absolute Gasteiger partial charge is 0.0489 e. The fraction of sp³-hybridized carbons (Fsp3) is 0. The van der Waals surface area contributed by atoms with Gasteiger partial charge in [0.1, 0.15) is 0 Å². The molecule has 1 rings (SSSR count). The lowest BCUT2D eigenvalue weighted by Gasteiger charge is -1.84. The van der Waals surface area contributed by atoms with E-state index in [9.17, 15) is 0 Å². The van der Waals surface area contributed by atoms with Crippen LogP contribution in [-0.2, 0) is 0 Å². The van der Waals surface area contributed by atoms with Crippen molar-refractivity contribution in [1.29, 1.82) is 0 Å². The van der Waals surface area contributed by atoms with Gasteiger partial charge in [-0.15, -0.1) is 0 Å². The van der Waals surface area contributed by atoms with E-state index in [0.29, 0.717) is 0 Å². The van der Waals surface area contributed by atoms with Crippen molar-refractivity contribution in [2.45, 2.75) is 0 Å². The molecule has 0 amide bonds. The molecule has 0 aliphatic heterocycles. The van der Waals surface area contributed by atoms with Gasteiger partial charge >= 0.3 is 0 Å². The Kier molecular flexibility index (Phi) is 2.22. The van der Waals surface area contributed by atoms with Crippen LogP contribution in [0.2, 0.25) is 0 Å². The van der Waals surface area contributed by atoms with Crippen molar-refractivity contribution in [2.24, 2.45) is 4.51 Å². The molecule has 2 nitrogen and oxygen atoms in total. The predicted octanol–water partition coefficient (Wildman–Crippen LogP) is 1.65. The predicted molar refractivity (Wildman–Crippen MR) is 37.7 cm³/mol. The standard InChI is InChI=1S/C6H5ClN2/c7-9-5-6-1-3-8-4-2-6/h1-5H. The maximum absolute atomic E-state index is 5.09. The molecule has 0 spiro atoms. The second-order valence-corrected chi connectivity index (χ2v) is 1.70. The number of pyridine rings is 1. The molecule has 1 aromatic heterocycles. The summed E-state index contributed by atoms with van der Waals surface area (Å²) in [6.45, 7) is 0. The summed E-state index contributed by atoms with van der Waals surface area (Å²) in [7, 11) is 0. The summed E-state index contributed by atoms with van der Waals surface area (Å²) in [6, 6.07) is 3.65. The molecule has 0 aliphatic rings. The summed E-state index contributed by atoms with van der Waals surface area (Å²) in [5, 5.41) is 0. The maximum Gasteiger partial charge on any atom is 0.0489 e. The highest BCUT2D eigenvalue weighted by Crippen LogP contribution is 1.91. The summed E-state index contributed by atoms with van der Waals surface area (Å²) in [4.78, 5) is 3.82. The van der Waals surface area contributed by atoms with E-state index in [1.54, 1.807) is 18.6 Å². The summed E-state index contributed by atoms with van der Waals surface area (Å²) < 4.78 is 3.33. The molecule has 0 bridgehead atoms. The molecule has 0 aromatic carbocycles. The van der Waals surface area contributed by atoms with E-state index < -0.39 is 0 Å². The van der Waals surface area contributed by atoms with Crippen LogP contribution in [0.1, 0.15) is 5.56 Å². The summed E-state index contributed by atoms with van der Waals surface area (Å²) in [5.74, 6) is 0. The Morgan fingerprint density at radius 3 is 2.67 bits per heavy atom. The van der Waals surface area contributed by atoms with Crippen molar-refractivity contribution >= 4 is 18.0 Å². The second kappa shape index (κ2) is 3.20. The molecular weight excluding hydrogens is 136 g/mol. The van der Waals surface area contributed by atoms with Crippen LogP contribution in [0.3, 0.4) is 0 Å². The van der Waals surface area contributed by atoms with E-state index in [2.05, 4.69) is 9.50 Å². The summed E-state index contributed by atoms with van der Waals surface area (Å²) >= 11 is 5.09. The van der Waals surface area contributed by atoms with Crippen LogP contribution in [0.4, 0.5) is 0 Å². The molecule has 1 heterocycles. The third-order valence-electron chi connectivity index (χ3n) is 0.904. The van der Waals surface area contributed by atoms with Crippen LogP contribution >= 0.6 is 11.8 Å². The van der Waals surface area contributed by atoms with E-state index in [4.69, 9.17) is 11.8 Å². The highest BCUT2D eigenvalue weighted by atomic mass is 35.5. The molecule has 0 saturated heterocycles. The normalized spacial score (nSPS) is 10.3. The lowest BCUT2D eigenvalue weighted by atomic mass is 10.3. The van der Waals surface area contributed by atoms with Crippen LogP contribution in [-0.4, -0.2) is 11.2 Å². The molecule has 0 fully saturated rings. The average molecular weight is 141 g/mol. The van der Waals surface area contributed by atoms with Crippen molar-refractivity contribution in [1.82, 2.24) is 4.98 Å². The summed E-state index contributed by atoms with van der Waals surface area (Å²) in [6.07, 6.45) is 4.94. The Morgan fingerprint density at radius 1 is 1.44 bits per heavy atom. The van der Waals surface area contributed by atoms with Gasteiger partial charge in [-0.25, -0.2) is 0 Å². The van der Waals surface area contributed by atoms with Gasteiger partial charge in [0.25, 0.3) is 0 Å². The Bertz CT molecular complexity index is 195. The Balaban J connectivity index is 2.85. The van der Waals surface area contributed by atoms with Crippen molar-refractivity contribution in [2.75, 3.05) is 0 Å². The van der Waals surface area contributed by atoms with Gasteiger partial charge in [0.2, 0.25) is 0 Å². The van der Waals surface area contributed by atoms with Crippen LogP contribution < -0.4 is 0 Å². The molecule has 0 atom stereocenters. The average Bonchev–Trinajstić information content (AvgIpc) is 1.91. The fourth-order valence-electron chi connectivity index (χ4n) is 0.506. The first kappa shape index (κ1) is 6.23. The zero-order valence-electron chi connectivity index (χ0n) is 4.66. The van der Waals surface area contributed by atoms with Gasteiger partial charge in [0, 0.05) is 30.4 Å². The van der Waals surface area contributed by atoms with E-state index in [0.717, 1.165) is 5.56 Å². The minimum absolute atomic E-state index is 0.958. The lowest BCUT2D eigenvalue weighted by Crippen LogP contribution is -1.77. The van der Waals surface area contributed by atoms with Crippen molar-refractivity contribution in [3.05, 3.63) is 30.1 Å². The van der Waals surface area contributed by atoms with E-state index in [1.165, 1.54) is 0 Å². The zero-order chi connectivity index (χ0) is 6.53.